The van der Waals surface area contributed by atoms with Crippen LogP contribution in [-0.2, 0) is 0 Å². The van der Waals surface area contributed by atoms with Crippen molar-refractivity contribution in [2.75, 3.05) is 5.32 Å². The van der Waals surface area contributed by atoms with Crippen LogP contribution in [0.3, 0.4) is 0 Å². The molecule has 0 aliphatic rings. The molecule has 1 amide bonds. The lowest BCUT2D eigenvalue weighted by atomic mass is 10.2. The fourth-order valence-corrected chi connectivity index (χ4v) is 1.75. The summed E-state index contributed by atoms with van der Waals surface area (Å²) in [6.07, 6.45) is 1.09. The van der Waals surface area contributed by atoms with Gasteiger partial charge in [0.2, 0.25) is 0 Å². The first-order valence-corrected chi connectivity index (χ1v) is 6.16. The first-order valence-electron chi connectivity index (χ1n) is 5.37. The van der Waals surface area contributed by atoms with Crippen LogP contribution in [0.5, 0.6) is 0 Å². The van der Waals surface area contributed by atoms with Gasteiger partial charge in [0.1, 0.15) is 5.56 Å². The van der Waals surface area contributed by atoms with Crippen molar-refractivity contribution < 1.29 is 4.79 Å². The molecule has 0 spiro atoms. The highest BCUT2D eigenvalue weighted by atomic mass is 79.9. The summed E-state index contributed by atoms with van der Waals surface area (Å²) in [6.45, 7) is 1.88. The highest BCUT2D eigenvalue weighted by Crippen LogP contribution is 2.20. The van der Waals surface area contributed by atoms with Crippen LogP contribution in [-0.4, -0.2) is 15.9 Å². The molecule has 0 atom stereocenters. The van der Waals surface area contributed by atoms with Gasteiger partial charge in [0.15, 0.2) is 0 Å². The van der Waals surface area contributed by atoms with Gasteiger partial charge in [0.25, 0.3) is 11.5 Å². The quantitative estimate of drug-likeness (QED) is 0.779. The molecule has 0 saturated carbocycles. The first kappa shape index (κ1) is 13.3. The maximum absolute atomic E-state index is 11.9. The number of aryl methyl sites for hydroxylation is 1. The third-order valence-electron chi connectivity index (χ3n) is 2.48. The first-order chi connectivity index (χ1) is 8.97. The van der Waals surface area contributed by atoms with Gasteiger partial charge in [0.05, 0.1) is 0 Å². The molecule has 0 aliphatic heterocycles. The Kier molecular flexibility index (Phi) is 3.66. The second kappa shape index (κ2) is 5.23. The Bertz CT molecular complexity index is 748. The van der Waals surface area contributed by atoms with E-state index >= 15 is 0 Å². The Balaban J connectivity index is 2.28. The molecule has 2 rings (SSSR count). The van der Waals surface area contributed by atoms with Gasteiger partial charge < -0.3 is 10.3 Å². The average molecular weight is 324 g/mol. The van der Waals surface area contributed by atoms with Crippen LogP contribution in [0.25, 0.3) is 0 Å². The molecule has 0 unspecified atom stereocenters. The fraction of sp³-hybridized carbons (Fsp3) is 0.0833. The summed E-state index contributed by atoms with van der Waals surface area (Å²) >= 11 is 3.35. The standard InChI is InChI=1S/C12H10BrN3O3/c1-6-4-7(2-3-9(6)13)15-10(17)8-5-14-12(19)16-11(8)18/h2-5H,1H3,(H,15,17)(H2,14,16,18,19). The van der Waals surface area contributed by atoms with Gasteiger partial charge in [-0.1, -0.05) is 15.9 Å². The van der Waals surface area contributed by atoms with Crippen molar-refractivity contribution in [3.8, 4) is 0 Å². The van der Waals surface area contributed by atoms with E-state index in [1.54, 1.807) is 18.2 Å². The number of benzene rings is 1. The number of aromatic nitrogens is 2. The summed E-state index contributed by atoms with van der Waals surface area (Å²) in [4.78, 5) is 38.4. The molecule has 19 heavy (non-hydrogen) atoms. The lowest BCUT2D eigenvalue weighted by Gasteiger charge is -2.06. The van der Waals surface area contributed by atoms with Gasteiger partial charge >= 0.3 is 5.69 Å². The number of H-pyrrole nitrogens is 2. The van der Waals surface area contributed by atoms with Gasteiger partial charge in [-0.05, 0) is 30.7 Å². The maximum atomic E-state index is 11.9. The third-order valence-corrected chi connectivity index (χ3v) is 3.37. The second-order valence-corrected chi connectivity index (χ2v) is 4.76. The summed E-state index contributed by atoms with van der Waals surface area (Å²) in [5.74, 6) is -0.584. The number of hydrogen-bond donors (Lipinski definition) is 3. The number of rotatable bonds is 2. The molecule has 2 aromatic rings. The molecule has 1 heterocycles. The van der Waals surface area contributed by atoms with Crippen molar-refractivity contribution in [3.05, 3.63) is 60.8 Å². The predicted octanol–water partition coefficient (Wildman–Crippen LogP) is 1.39. The molecule has 3 N–H and O–H groups in total. The molecular formula is C12H10BrN3O3. The van der Waals surface area contributed by atoms with E-state index in [1.165, 1.54) is 0 Å². The van der Waals surface area contributed by atoms with Gasteiger partial charge in [-0.3, -0.25) is 14.6 Å². The third kappa shape index (κ3) is 3.00. The van der Waals surface area contributed by atoms with Gasteiger partial charge in [-0.2, -0.15) is 0 Å². The minimum absolute atomic E-state index is 0.153. The van der Waals surface area contributed by atoms with Crippen molar-refractivity contribution in [2.45, 2.75) is 6.92 Å². The van der Waals surface area contributed by atoms with E-state index in [-0.39, 0.29) is 5.56 Å². The molecule has 6 nitrogen and oxygen atoms in total. The Morgan fingerprint density at radius 1 is 1.32 bits per heavy atom. The number of amides is 1. The molecule has 0 bridgehead atoms. The molecule has 1 aromatic carbocycles. The summed E-state index contributed by atoms with van der Waals surface area (Å²) in [5.41, 5.74) is -0.0132. The van der Waals surface area contributed by atoms with Crippen molar-refractivity contribution in [3.63, 3.8) is 0 Å². The summed E-state index contributed by atoms with van der Waals surface area (Å²) in [5, 5.41) is 2.58. The van der Waals surface area contributed by atoms with Crippen LogP contribution in [0.15, 0.2) is 38.5 Å². The SMILES string of the molecule is Cc1cc(NC(=O)c2c[nH]c(=O)[nH]c2=O)ccc1Br. The number of nitrogens with one attached hydrogen (secondary N) is 3. The van der Waals surface area contributed by atoms with Gasteiger partial charge in [-0.15, -0.1) is 0 Å². The van der Waals surface area contributed by atoms with Crippen LogP contribution in [0.1, 0.15) is 15.9 Å². The zero-order chi connectivity index (χ0) is 14.0. The lowest BCUT2D eigenvalue weighted by Crippen LogP contribution is -2.29. The summed E-state index contributed by atoms with van der Waals surface area (Å²) < 4.78 is 0.924. The largest absolute Gasteiger partial charge is 0.325 e. The van der Waals surface area contributed by atoms with Crippen molar-refractivity contribution >= 4 is 27.5 Å². The van der Waals surface area contributed by atoms with Crippen molar-refractivity contribution in [1.29, 1.82) is 0 Å². The van der Waals surface area contributed by atoms with Crippen LogP contribution < -0.4 is 16.6 Å². The Morgan fingerprint density at radius 3 is 2.68 bits per heavy atom. The normalized spacial score (nSPS) is 10.2. The highest BCUT2D eigenvalue weighted by molar-refractivity contribution is 9.10. The van der Waals surface area contributed by atoms with E-state index in [9.17, 15) is 14.4 Å². The number of aromatic amines is 2. The maximum Gasteiger partial charge on any atom is 0.325 e. The number of hydrogen-bond acceptors (Lipinski definition) is 3. The predicted molar refractivity (Wildman–Crippen MR) is 74.5 cm³/mol. The molecule has 0 fully saturated rings. The molecule has 0 saturated heterocycles. The van der Waals surface area contributed by atoms with Crippen LogP contribution >= 0.6 is 15.9 Å². The van der Waals surface area contributed by atoms with Crippen LogP contribution in [0, 0.1) is 6.92 Å². The van der Waals surface area contributed by atoms with Crippen molar-refractivity contribution in [1.82, 2.24) is 9.97 Å². The topological polar surface area (TPSA) is 94.8 Å². The Morgan fingerprint density at radius 2 is 2.05 bits per heavy atom. The minimum Gasteiger partial charge on any atom is -0.322 e. The minimum atomic E-state index is -0.727. The molecule has 98 valence electrons. The van der Waals surface area contributed by atoms with E-state index < -0.39 is 17.2 Å². The number of carbonyl (C=O) groups excluding carboxylic acids is 1. The summed E-state index contributed by atoms with van der Waals surface area (Å²) in [7, 11) is 0. The van der Waals surface area contributed by atoms with Crippen LogP contribution in [0.4, 0.5) is 5.69 Å². The zero-order valence-electron chi connectivity index (χ0n) is 9.91. The van der Waals surface area contributed by atoms with Gasteiger partial charge in [-0.25, -0.2) is 4.79 Å². The molecule has 7 heteroatoms. The van der Waals surface area contributed by atoms with E-state index in [0.717, 1.165) is 16.2 Å². The number of anilines is 1. The van der Waals surface area contributed by atoms with E-state index in [4.69, 9.17) is 0 Å². The molecular weight excluding hydrogens is 314 g/mol. The summed E-state index contributed by atoms with van der Waals surface area (Å²) in [6, 6.07) is 5.26. The van der Waals surface area contributed by atoms with Crippen molar-refractivity contribution in [2.24, 2.45) is 0 Å². The number of carbonyl (C=O) groups is 1. The van der Waals surface area contributed by atoms with E-state index in [2.05, 4.69) is 26.2 Å². The Hall–Kier alpha value is -2.15. The monoisotopic (exact) mass is 323 g/mol. The fourth-order valence-electron chi connectivity index (χ4n) is 1.50. The van der Waals surface area contributed by atoms with E-state index in [0.29, 0.717) is 5.69 Å². The molecule has 0 radical (unpaired) electrons. The molecule has 0 aliphatic carbocycles. The molecule has 1 aromatic heterocycles. The Labute approximate surface area is 116 Å². The van der Waals surface area contributed by atoms with E-state index in [1.807, 2.05) is 11.9 Å². The average Bonchev–Trinajstić information content (AvgIpc) is 2.33. The number of halogens is 1. The second-order valence-electron chi connectivity index (χ2n) is 3.90. The van der Waals surface area contributed by atoms with Crippen LogP contribution in [0.2, 0.25) is 0 Å². The van der Waals surface area contributed by atoms with Gasteiger partial charge in [0, 0.05) is 16.4 Å². The smallest absolute Gasteiger partial charge is 0.322 e. The zero-order valence-corrected chi connectivity index (χ0v) is 11.5. The lowest BCUT2D eigenvalue weighted by molar-refractivity contribution is 0.102. The highest BCUT2D eigenvalue weighted by Gasteiger charge is 2.11.